The number of hydrogen-bond donors (Lipinski definition) is 3. The topological polar surface area (TPSA) is 154 Å². The fraction of sp³-hybridized carbons (Fsp3) is 0.538. The highest BCUT2D eigenvalue weighted by Gasteiger charge is 2.47. The van der Waals surface area contributed by atoms with Gasteiger partial charge in [0.1, 0.15) is 12.6 Å². The van der Waals surface area contributed by atoms with Gasteiger partial charge in [-0.3, -0.25) is 24.0 Å². The van der Waals surface area contributed by atoms with Crippen LogP contribution in [0.1, 0.15) is 39.2 Å². The average molecular weight is 532 g/mol. The van der Waals surface area contributed by atoms with Gasteiger partial charge in [-0.1, -0.05) is 57.5 Å². The van der Waals surface area contributed by atoms with E-state index in [-0.39, 0.29) is 25.4 Å². The van der Waals surface area contributed by atoms with Crippen LogP contribution < -0.4 is 16.0 Å². The van der Waals surface area contributed by atoms with E-state index >= 15 is 0 Å². The predicted molar refractivity (Wildman–Crippen MR) is 137 cm³/mol. The second kappa shape index (κ2) is 14.2. The molecule has 0 aliphatic carbocycles. The number of urea groups is 1. The first-order valence-corrected chi connectivity index (χ1v) is 12.6. The quantitative estimate of drug-likeness (QED) is 0.241. The van der Waals surface area contributed by atoms with Crippen LogP contribution in [-0.4, -0.2) is 90.7 Å². The van der Waals surface area contributed by atoms with Crippen molar-refractivity contribution in [3.05, 3.63) is 35.9 Å². The van der Waals surface area contributed by atoms with Crippen LogP contribution in [-0.2, 0) is 35.3 Å². The van der Waals surface area contributed by atoms with Crippen LogP contribution in [0.5, 0.6) is 0 Å². The molecule has 0 radical (unpaired) electrons. The SMILES string of the molecule is CCCC(NC(=O)C1CN(Cc2ccccc2)C(=O)N1C(=O)C(NC)C(C)C)C(=O)C(=O)NCC(=O)OC. The van der Waals surface area contributed by atoms with Gasteiger partial charge in [0.15, 0.2) is 0 Å². The standard InChI is InChI=1S/C26H37N5O7/c1-6-10-18(22(33)24(35)28-13-20(32)38-5)29-23(34)19-15-30(14-17-11-8-7-9-12-17)26(37)31(19)25(36)21(27-4)16(2)3/h7-9,11-12,16,18-19,21,27H,6,10,13-15H2,1-5H3,(H,28,35)(H,29,34). The highest BCUT2D eigenvalue weighted by molar-refractivity contribution is 6.38. The smallest absolute Gasteiger partial charge is 0.327 e. The lowest BCUT2D eigenvalue weighted by molar-refractivity contribution is -0.144. The molecule has 12 nitrogen and oxygen atoms in total. The van der Waals surface area contributed by atoms with E-state index in [1.54, 1.807) is 14.0 Å². The molecule has 12 heteroatoms. The van der Waals surface area contributed by atoms with E-state index in [1.165, 1.54) is 4.90 Å². The van der Waals surface area contributed by atoms with E-state index < -0.39 is 60.2 Å². The molecule has 1 aliphatic heterocycles. The lowest BCUT2D eigenvalue weighted by Crippen LogP contribution is -2.57. The van der Waals surface area contributed by atoms with Gasteiger partial charge in [-0.2, -0.15) is 0 Å². The second-order valence-electron chi connectivity index (χ2n) is 9.36. The number of carbonyl (C=O) groups is 6. The van der Waals surface area contributed by atoms with Gasteiger partial charge in [-0.15, -0.1) is 0 Å². The minimum Gasteiger partial charge on any atom is -0.468 e. The zero-order valence-corrected chi connectivity index (χ0v) is 22.5. The van der Waals surface area contributed by atoms with Crippen molar-refractivity contribution in [2.24, 2.45) is 5.92 Å². The van der Waals surface area contributed by atoms with Crippen LogP contribution in [0, 0.1) is 5.92 Å². The molecule has 0 bridgehead atoms. The number of likely N-dealkylation sites (N-methyl/N-ethyl adjacent to an activating group) is 1. The van der Waals surface area contributed by atoms with Crippen molar-refractivity contribution in [1.82, 2.24) is 25.8 Å². The molecule has 0 aromatic heterocycles. The summed E-state index contributed by atoms with van der Waals surface area (Å²) < 4.78 is 4.45. The van der Waals surface area contributed by atoms with Crippen LogP contribution in [0.15, 0.2) is 30.3 Å². The molecule has 3 N–H and O–H groups in total. The van der Waals surface area contributed by atoms with Crippen molar-refractivity contribution in [3.8, 4) is 0 Å². The first kappa shape index (κ1) is 30.4. The van der Waals surface area contributed by atoms with Crippen molar-refractivity contribution in [2.45, 2.75) is 58.3 Å². The van der Waals surface area contributed by atoms with Crippen molar-refractivity contribution < 1.29 is 33.5 Å². The number of esters is 1. The number of amides is 5. The third kappa shape index (κ3) is 7.60. The summed E-state index contributed by atoms with van der Waals surface area (Å²) in [6.45, 7) is 5.02. The number of imide groups is 1. The molecule has 1 heterocycles. The number of hydrogen-bond acceptors (Lipinski definition) is 8. The Balaban J connectivity index is 2.29. The number of carbonyl (C=O) groups excluding carboxylic acids is 6. The summed E-state index contributed by atoms with van der Waals surface area (Å²) in [5.41, 5.74) is 0.824. The average Bonchev–Trinajstić information content (AvgIpc) is 3.22. The maximum atomic E-state index is 13.4. The van der Waals surface area contributed by atoms with Gasteiger partial charge in [0.25, 0.3) is 5.91 Å². The predicted octanol–water partition coefficient (Wildman–Crippen LogP) is 0.207. The van der Waals surface area contributed by atoms with Gasteiger partial charge >= 0.3 is 12.0 Å². The number of nitrogens with zero attached hydrogens (tertiary/aromatic N) is 2. The van der Waals surface area contributed by atoms with Crippen molar-refractivity contribution >= 4 is 35.5 Å². The number of ketones is 1. The lowest BCUT2D eigenvalue weighted by Gasteiger charge is -2.28. The van der Waals surface area contributed by atoms with Gasteiger partial charge in [-0.05, 0) is 24.9 Å². The maximum absolute atomic E-state index is 13.4. The number of ether oxygens (including phenoxy) is 1. The molecule has 38 heavy (non-hydrogen) atoms. The molecule has 3 atom stereocenters. The van der Waals surface area contributed by atoms with Crippen LogP contribution in [0.3, 0.4) is 0 Å². The summed E-state index contributed by atoms with van der Waals surface area (Å²) in [6.07, 6.45) is 0.603. The first-order chi connectivity index (χ1) is 18.0. The molecule has 3 unspecified atom stereocenters. The Kier molecular flexibility index (Phi) is 11.4. The molecule has 0 saturated carbocycles. The van der Waals surface area contributed by atoms with Gasteiger partial charge in [0.2, 0.25) is 17.6 Å². The van der Waals surface area contributed by atoms with E-state index in [0.29, 0.717) is 6.42 Å². The lowest BCUT2D eigenvalue weighted by atomic mass is 10.0. The van der Waals surface area contributed by atoms with Crippen LogP contribution in [0.25, 0.3) is 0 Å². The molecule has 1 aromatic rings. The maximum Gasteiger partial charge on any atom is 0.327 e. The zero-order chi connectivity index (χ0) is 28.4. The Hall–Kier alpha value is -3.80. The van der Waals surface area contributed by atoms with E-state index in [9.17, 15) is 28.8 Å². The molecule has 5 amide bonds. The number of rotatable bonds is 13. The normalized spacial score (nSPS) is 16.7. The van der Waals surface area contributed by atoms with E-state index in [0.717, 1.165) is 17.6 Å². The second-order valence-corrected chi connectivity index (χ2v) is 9.36. The molecule has 2 rings (SSSR count). The Bertz CT molecular complexity index is 1030. The van der Waals surface area contributed by atoms with E-state index in [1.807, 2.05) is 44.2 Å². The van der Waals surface area contributed by atoms with Crippen molar-refractivity contribution in [1.29, 1.82) is 0 Å². The molecular formula is C26H37N5O7. The van der Waals surface area contributed by atoms with Gasteiger partial charge in [-0.25, -0.2) is 9.69 Å². The van der Waals surface area contributed by atoms with Crippen LogP contribution in [0.2, 0.25) is 0 Å². The van der Waals surface area contributed by atoms with Gasteiger partial charge in [0, 0.05) is 6.54 Å². The fourth-order valence-corrected chi connectivity index (χ4v) is 4.23. The molecule has 1 aliphatic rings. The van der Waals surface area contributed by atoms with E-state index in [2.05, 4.69) is 20.7 Å². The third-order valence-electron chi connectivity index (χ3n) is 6.24. The summed E-state index contributed by atoms with van der Waals surface area (Å²) in [7, 11) is 2.74. The van der Waals surface area contributed by atoms with Crippen LogP contribution >= 0.6 is 0 Å². The summed E-state index contributed by atoms with van der Waals surface area (Å²) in [5.74, 6) is -4.18. The van der Waals surface area contributed by atoms with Crippen molar-refractivity contribution in [3.63, 3.8) is 0 Å². The monoisotopic (exact) mass is 531 g/mol. The van der Waals surface area contributed by atoms with Crippen LogP contribution in [0.4, 0.5) is 4.79 Å². The summed E-state index contributed by atoms with van der Waals surface area (Å²) in [4.78, 5) is 79.0. The first-order valence-electron chi connectivity index (χ1n) is 12.6. The highest BCUT2D eigenvalue weighted by atomic mass is 16.5. The van der Waals surface area contributed by atoms with Gasteiger partial charge < -0.3 is 25.6 Å². The number of benzene rings is 1. The summed E-state index contributed by atoms with van der Waals surface area (Å²) in [5, 5.41) is 7.63. The molecule has 208 valence electrons. The zero-order valence-electron chi connectivity index (χ0n) is 22.5. The highest BCUT2D eigenvalue weighted by Crippen LogP contribution is 2.22. The minimum atomic E-state index is -1.21. The van der Waals surface area contributed by atoms with Gasteiger partial charge in [0.05, 0.1) is 25.7 Å². The Morgan fingerprint density at radius 1 is 1.11 bits per heavy atom. The largest absolute Gasteiger partial charge is 0.468 e. The number of nitrogens with one attached hydrogen (secondary N) is 3. The molecule has 1 saturated heterocycles. The molecule has 0 spiro atoms. The Labute approximate surface area is 222 Å². The summed E-state index contributed by atoms with van der Waals surface area (Å²) in [6, 6.07) is 5.41. The molecule has 1 fully saturated rings. The summed E-state index contributed by atoms with van der Waals surface area (Å²) >= 11 is 0. The fourth-order valence-electron chi connectivity index (χ4n) is 4.23. The number of Topliss-reactive ketones (excluding diaryl/α,β-unsaturated/α-hetero) is 1. The Morgan fingerprint density at radius 3 is 2.32 bits per heavy atom. The third-order valence-corrected chi connectivity index (χ3v) is 6.24. The molecular weight excluding hydrogens is 494 g/mol. The van der Waals surface area contributed by atoms with Crippen molar-refractivity contribution in [2.75, 3.05) is 27.2 Å². The molecule has 1 aromatic carbocycles. The minimum absolute atomic E-state index is 0.0819. The number of methoxy groups -OCH3 is 1. The van der Waals surface area contributed by atoms with E-state index in [4.69, 9.17) is 0 Å². The Morgan fingerprint density at radius 2 is 1.76 bits per heavy atom.